The molecule has 0 bridgehead atoms. The Morgan fingerprint density at radius 2 is 1.58 bits per heavy atom. The van der Waals surface area contributed by atoms with E-state index in [0.717, 1.165) is 5.56 Å². The number of nitrogens with one attached hydrogen (secondary N) is 1. The van der Waals surface area contributed by atoms with Crippen LogP contribution in [-0.4, -0.2) is 32.4 Å². The van der Waals surface area contributed by atoms with E-state index < -0.39 is 21.5 Å². The molecule has 1 atom stereocenters. The standard InChI is InChI=1S/C17H28N2O3S.ClH/c1-12(2)10-23(21,22)11-17(20)19-9-16(18)15-7-5-14(6-8-15)13(3)4;/h5-8,12-13,16H,9-11,18H2,1-4H3,(H,19,20);1H. The first-order chi connectivity index (χ1) is 10.6. The summed E-state index contributed by atoms with van der Waals surface area (Å²) in [7, 11) is -3.36. The summed E-state index contributed by atoms with van der Waals surface area (Å²) in [6.45, 7) is 8.08. The molecular weight excluding hydrogens is 348 g/mol. The maximum atomic E-state index is 11.8. The number of hydrogen-bond donors (Lipinski definition) is 2. The van der Waals surface area contributed by atoms with Crippen LogP contribution < -0.4 is 11.1 Å². The minimum atomic E-state index is -3.36. The van der Waals surface area contributed by atoms with Crippen molar-refractivity contribution in [1.82, 2.24) is 5.32 Å². The van der Waals surface area contributed by atoms with Crippen LogP contribution in [0.4, 0.5) is 0 Å². The lowest BCUT2D eigenvalue weighted by atomic mass is 9.99. The summed E-state index contributed by atoms with van der Waals surface area (Å²) in [5, 5.41) is 2.60. The average molecular weight is 377 g/mol. The van der Waals surface area contributed by atoms with Crippen molar-refractivity contribution in [2.75, 3.05) is 18.1 Å². The Labute approximate surface area is 151 Å². The summed E-state index contributed by atoms with van der Waals surface area (Å²) in [5.74, 6) is -0.506. The van der Waals surface area contributed by atoms with Crippen LogP contribution in [-0.2, 0) is 14.6 Å². The van der Waals surface area contributed by atoms with Gasteiger partial charge in [-0.05, 0) is 23.0 Å². The highest BCUT2D eigenvalue weighted by Gasteiger charge is 2.18. The summed E-state index contributed by atoms with van der Waals surface area (Å²) in [6, 6.07) is 7.58. The molecule has 1 unspecified atom stereocenters. The Balaban J connectivity index is 0.00000529. The molecule has 0 aliphatic carbocycles. The molecule has 0 spiro atoms. The van der Waals surface area contributed by atoms with Gasteiger partial charge < -0.3 is 11.1 Å². The second kappa shape index (κ2) is 10.0. The summed E-state index contributed by atoms with van der Waals surface area (Å²) >= 11 is 0. The first-order valence-corrected chi connectivity index (χ1v) is 9.75. The Hall–Kier alpha value is -1.11. The zero-order chi connectivity index (χ0) is 17.6. The maximum absolute atomic E-state index is 11.8. The SMILES string of the molecule is CC(C)CS(=O)(=O)CC(=O)NCC(N)c1ccc(C(C)C)cc1.Cl. The van der Waals surface area contributed by atoms with Gasteiger partial charge in [-0.25, -0.2) is 8.42 Å². The molecule has 0 aromatic heterocycles. The molecule has 7 heteroatoms. The molecule has 0 aliphatic heterocycles. The van der Waals surface area contributed by atoms with Crippen molar-refractivity contribution >= 4 is 28.2 Å². The zero-order valence-corrected chi connectivity index (χ0v) is 16.4. The van der Waals surface area contributed by atoms with Gasteiger partial charge in [-0.2, -0.15) is 0 Å². The molecular formula is C17H29ClN2O3S. The van der Waals surface area contributed by atoms with E-state index in [2.05, 4.69) is 19.2 Å². The van der Waals surface area contributed by atoms with E-state index in [-0.39, 0.29) is 36.7 Å². The van der Waals surface area contributed by atoms with E-state index in [1.54, 1.807) is 0 Å². The molecule has 0 radical (unpaired) electrons. The van der Waals surface area contributed by atoms with E-state index in [1.807, 2.05) is 38.1 Å². The summed E-state index contributed by atoms with van der Waals surface area (Å²) in [4.78, 5) is 11.8. The minimum absolute atomic E-state index is 0. The first kappa shape index (κ1) is 22.9. The number of carbonyl (C=O) groups is 1. The molecule has 1 aromatic rings. The van der Waals surface area contributed by atoms with Crippen molar-refractivity contribution in [1.29, 1.82) is 0 Å². The molecule has 3 N–H and O–H groups in total. The van der Waals surface area contributed by atoms with Gasteiger partial charge in [0.25, 0.3) is 0 Å². The van der Waals surface area contributed by atoms with Crippen LogP contribution >= 0.6 is 12.4 Å². The van der Waals surface area contributed by atoms with Crippen molar-refractivity contribution in [2.24, 2.45) is 11.7 Å². The first-order valence-electron chi connectivity index (χ1n) is 7.93. The van der Waals surface area contributed by atoms with Gasteiger partial charge >= 0.3 is 0 Å². The van der Waals surface area contributed by atoms with Crippen LogP contribution in [0.15, 0.2) is 24.3 Å². The third kappa shape index (κ3) is 8.13. The summed E-state index contributed by atoms with van der Waals surface area (Å²) in [5.41, 5.74) is 8.19. The van der Waals surface area contributed by atoms with Gasteiger partial charge in [-0.3, -0.25) is 4.79 Å². The van der Waals surface area contributed by atoms with Crippen LogP contribution in [0.2, 0.25) is 0 Å². The van der Waals surface area contributed by atoms with Crippen LogP contribution in [0.5, 0.6) is 0 Å². The van der Waals surface area contributed by atoms with Crippen molar-refractivity contribution in [3.05, 3.63) is 35.4 Å². The van der Waals surface area contributed by atoms with Crippen LogP contribution in [0.25, 0.3) is 0 Å². The van der Waals surface area contributed by atoms with E-state index in [4.69, 9.17) is 5.73 Å². The Kier molecular flexibility index (Phi) is 9.55. The van der Waals surface area contributed by atoms with Crippen LogP contribution in [0, 0.1) is 5.92 Å². The number of hydrogen-bond acceptors (Lipinski definition) is 4. The summed E-state index contributed by atoms with van der Waals surface area (Å²) < 4.78 is 23.6. The highest BCUT2D eigenvalue weighted by atomic mass is 35.5. The van der Waals surface area contributed by atoms with E-state index >= 15 is 0 Å². The number of carbonyl (C=O) groups excluding carboxylic acids is 1. The van der Waals surface area contributed by atoms with Gasteiger partial charge in [0.15, 0.2) is 9.84 Å². The molecule has 5 nitrogen and oxygen atoms in total. The smallest absolute Gasteiger partial charge is 0.235 e. The summed E-state index contributed by atoms with van der Waals surface area (Å²) in [6.07, 6.45) is 0. The lowest BCUT2D eigenvalue weighted by Gasteiger charge is -2.15. The average Bonchev–Trinajstić information content (AvgIpc) is 2.42. The number of sulfone groups is 1. The minimum Gasteiger partial charge on any atom is -0.353 e. The van der Waals surface area contributed by atoms with E-state index in [9.17, 15) is 13.2 Å². The molecule has 138 valence electrons. The molecule has 0 heterocycles. The number of nitrogens with two attached hydrogens (primary N) is 1. The van der Waals surface area contributed by atoms with Gasteiger partial charge in [0.2, 0.25) is 5.91 Å². The highest BCUT2D eigenvalue weighted by molar-refractivity contribution is 7.92. The van der Waals surface area contributed by atoms with Gasteiger partial charge in [-0.15, -0.1) is 12.4 Å². The van der Waals surface area contributed by atoms with Crippen molar-refractivity contribution in [2.45, 2.75) is 39.7 Å². The number of amides is 1. The quantitative estimate of drug-likeness (QED) is 0.729. The third-order valence-electron chi connectivity index (χ3n) is 3.49. The molecule has 0 saturated carbocycles. The van der Waals surface area contributed by atoms with E-state index in [0.29, 0.717) is 5.92 Å². The van der Waals surface area contributed by atoms with Gasteiger partial charge in [0, 0.05) is 12.6 Å². The monoisotopic (exact) mass is 376 g/mol. The molecule has 0 saturated heterocycles. The largest absolute Gasteiger partial charge is 0.353 e. The Morgan fingerprint density at radius 3 is 2.04 bits per heavy atom. The van der Waals surface area contributed by atoms with E-state index in [1.165, 1.54) is 5.56 Å². The Bertz CT molecular complexity index is 613. The normalized spacial score (nSPS) is 12.8. The maximum Gasteiger partial charge on any atom is 0.235 e. The molecule has 0 aliphatic rings. The van der Waals surface area contributed by atoms with Crippen molar-refractivity contribution < 1.29 is 13.2 Å². The second-order valence-electron chi connectivity index (χ2n) is 6.68. The highest BCUT2D eigenvalue weighted by Crippen LogP contribution is 2.17. The van der Waals surface area contributed by atoms with Crippen LogP contribution in [0.3, 0.4) is 0 Å². The number of halogens is 1. The van der Waals surface area contributed by atoms with Crippen LogP contribution in [0.1, 0.15) is 50.8 Å². The molecule has 1 aromatic carbocycles. The van der Waals surface area contributed by atoms with Gasteiger partial charge in [0.05, 0.1) is 5.75 Å². The predicted octanol–water partition coefficient (Wildman–Crippen LogP) is 2.42. The van der Waals surface area contributed by atoms with Gasteiger partial charge in [-0.1, -0.05) is 52.0 Å². The molecule has 1 rings (SSSR count). The molecule has 1 amide bonds. The van der Waals surface area contributed by atoms with Crippen molar-refractivity contribution in [3.8, 4) is 0 Å². The number of benzene rings is 1. The molecule has 24 heavy (non-hydrogen) atoms. The Morgan fingerprint density at radius 1 is 1.08 bits per heavy atom. The lowest BCUT2D eigenvalue weighted by Crippen LogP contribution is -2.36. The fraction of sp³-hybridized carbons (Fsp3) is 0.588. The topological polar surface area (TPSA) is 89.3 Å². The zero-order valence-electron chi connectivity index (χ0n) is 14.8. The lowest BCUT2D eigenvalue weighted by molar-refractivity contribution is -0.118. The molecule has 0 fully saturated rings. The third-order valence-corrected chi connectivity index (χ3v) is 5.37. The second-order valence-corrected chi connectivity index (χ2v) is 8.79. The fourth-order valence-electron chi connectivity index (χ4n) is 2.29. The van der Waals surface area contributed by atoms with Crippen molar-refractivity contribution in [3.63, 3.8) is 0 Å². The predicted molar refractivity (Wildman–Crippen MR) is 101 cm³/mol. The number of rotatable bonds is 8. The van der Waals surface area contributed by atoms with Gasteiger partial charge in [0.1, 0.15) is 5.75 Å². The fourth-order valence-corrected chi connectivity index (χ4v) is 3.92.